The largest absolute Gasteiger partial charge is 0.497 e. The lowest BCUT2D eigenvalue weighted by Crippen LogP contribution is -2.32. The summed E-state index contributed by atoms with van der Waals surface area (Å²) < 4.78 is 18.8. The average Bonchev–Trinajstić information content (AvgIpc) is 2.62. The van der Waals surface area contributed by atoms with Gasteiger partial charge in [0.05, 0.1) is 24.5 Å². The molecule has 2 aromatic rings. The van der Waals surface area contributed by atoms with E-state index in [2.05, 4.69) is 5.32 Å². The van der Waals surface area contributed by atoms with Gasteiger partial charge in [0.2, 0.25) is 0 Å². The van der Waals surface area contributed by atoms with Crippen LogP contribution in [-0.4, -0.2) is 24.8 Å². The van der Waals surface area contributed by atoms with Crippen LogP contribution in [0.3, 0.4) is 0 Å². The molecular weight excluding hydrogens is 321 g/mol. The van der Waals surface area contributed by atoms with Gasteiger partial charge < -0.3 is 20.9 Å². The fraction of sp³-hybridized carbons (Fsp3) is 0.316. The van der Waals surface area contributed by atoms with Crippen LogP contribution in [0.2, 0.25) is 0 Å². The summed E-state index contributed by atoms with van der Waals surface area (Å²) in [5.41, 5.74) is 6.79. The van der Waals surface area contributed by atoms with Gasteiger partial charge in [-0.15, -0.1) is 0 Å². The van der Waals surface area contributed by atoms with Crippen LogP contribution in [0.25, 0.3) is 0 Å². The third-order valence-corrected chi connectivity index (χ3v) is 4.02. The molecule has 0 aromatic heterocycles. The van der Waals surface area contributed by atoms with Crippen LogP contribution in [0.5, 0.6) is 5.75 Å². The molecule has 25 heavy (non-hydrogen) atoms. The van der Waals surface area contributed by atoms with E-state index in [1.807, 2.05) is 37.3 Å². The van der Waals surface area contributed by atoms with Crippen LogP contribution >= 0.6 is 0 Å². The smallest absolute Gasteiger partial charge is 0.147 e. The number of nitrogens with two attached hydrogens (primary N) is 1. The molecule has 2 unspecified atom stereocenters. The topological polar surface area (TPSA) is 91.3 Å². The summed E-state index contributed by atoms with van der Waals surface area (Å²) >= 11 is 0. The first-order chi connectivity index (χ1) is 11.9. The standard InChI is InChI=1S/C19H22FN3O2/c1-12(7-13-3-5-16(25-2)6-4-13)23-11-18(24)14-8-15(10-21)19(22)17(20)9-14/h3-6,8-9,12,18,23-24H,7,11,22H2,1-2H3. The van der Waals surface area contributed by atoms with Crippen molar-refractivity contribution >= 4 is 5.69 Å². The Morgan fingerprint density at radius 2 is 2.00 bits per heavy atom. The molecule has 2 aromatic carbocycles. The summed E-state index contributed by atoms with van der Waals surface area (Å²) in [7, 11) is 1.62. The molecule has 0 aliphatic rings. The third-order valence-electron chi connectivity index (χ3n) is 4.02. The van der Waals surface area contributed by atoms with Crippen molar-refractivity contribution in [1.82, 2.24) is 5.32 Å². The van der Waals surface area contributed by atoms with Gasteiger partial charge in [-0.3, -0.25) is 0 Å². The van der Waals surface area contributed by atoms with E-state index >= 15 is 0 Å². The zero-order valence-corrected chi connectivity index (χ0v) is 14.3. The van der Waals surface area contributed by atoms with Gasteiger partial charge in [-0.1, -0.05) is 12.1 Å². The number of hydrogen-bond acceptors (Lipinski definition) is 5. The molecule has 0 amide bonds. The molecule has 0 aliphatic carbocycles. The number of aliphatic hydroxyl groups is 1. The number of aliphatic hydroxyl groups excluding tert-OH is 1. The van der Waals surface area contributed by atoms with Crippen molar-refractivity contribution in [3.05, 3.63) is 58.9 Å². The first kappa shape index (κ1) is 18.7. The Labute approximate surface area is 146 Å². The van der Waals surface area contributed by atoms with E-state index in [1.54, 1.807) is 7.11 Å². The maximum Gasteiger partial charge on any atom is 0.147 e. The van der Waals surface area contributed by atoms with Gasteiger partial charge in [-0.2, -0.15) is 5.26 Å². The molecule has 0 saturated heterocycles. The summed E-state index contributed by atoms with van der Waals surface area (Å²) in [5, 5.41) is 22.4. The molecule has 4 N–H and O–H groups in total. The second kappa shape index (κ2) is 8.47. The lowest BCUT2D eigenvalue weighted by atomic mass is 10.0. The van der Waals surface area contributed by atoms with E-state index in [9.17, 15) is 9.50 Å². The maximum absolute atomic E-state index is 13.7. The molecule has 0 bridgehead atoms. The van der Waals surface area contributed by atoms with Crippen molar-refractivity contribution < 1.29 is 14.2 Å². The van der Waals surface area contributed by atoms with Crippen LogP contribution in [0.15, 0.2) is 36.4 Å². The van der Waals surface area contributed by atoms with E-state index in [4.69, 9.17) is 15.7 Å². The van der Waals surface area contributed by atoms with Crippen LogP contribution in [0.4, 0.5) is 10.1 Å². The van der Waals surface area contributed by atoms with Crippen molar-refractivity contribution in [3.8, 4) is 11.8 Å². The van der Waals surface area contributed by atoms with Crippen LogP contribution in [0.1, 0.15) is 29.7 Å². The van der Waals surface area contributed by atoms with Gasteiger partial charge in [0.15, 0.2) is 0 Å². The number of anilines is 1. The minimum Gasteiger partial charge on any atom is -0.497 e. The van der Waals surface area contributed by atoms with E-state index < -0.39 is 11.9 Å². The van der Waals surface area contributed by atoms with Gasteiger partial charge in [-0.25, -0.2) is 4.39 Å². The average molecular weight is 343 g/mol. The van der Waals surface area contributed by atoms with Crippen molar-refractivity contribution in [1.29, 1.82) is 5.26 Å². The number of hydrogen-bond donors (Lipinski definition) is 3. The Balaban J connectivity index is 1.93. The number of nitriles is 1. The molecule has 5 nitrogen and oxygen atoms in total. The number of halogens is 1. The zero-order valence-electron chi connectivity index (χ0n) is 14.3. The molecule has 0 fully saturated rings. The van der Waals surface area contributed by atoms with Crippen molar-refractivity contribution in [2.45, 2.75) is 25.5 Å². The number of nitrogen functional groups attached to an aromatic ring is 1. The first-order valence-electron chi connectivity index (χ1n) is 7.98. The Morgan fingerprint density at radius 3 is 2.60 bits per heavy atom. The molecular formula is C19H22FN3O2. The normalized spacial score (nSPS) is 13.1. The Morgan fingerprint density at radius 1 is 1.32 bits per heavy atom. The highest BCUT2D eigenvalue weighted by atomic mass is 19.1. The van der Waals surface area contributed by atoms with Crippen LogP contribution in [-0.2, 0) is 6.42 Å². The number of benzene rings is 2. The molecule has 2 atom stereocenters. The third kappa shape index (κ3) is 4.92. The second-order valence-corrected chi connectivity index (χ2v) is 5.95. The maximum atomic E-state index is 13.7. The van der Waals surface area contributed by atoms with Crippen molar-refractivity contribution in [2.75, 3.05) is 19.4 Å². The first-order valence-corrected chi connectivity index (χ1v) is 7.98. The van der Waals surface area contributed by atoms with Gasteiger partial charge in [-0.05, 0) is 48.7 Å². The number of nitrogens with zero attached hydrogens (tertiary/aromatic N) is 1. The quantitative estimate of drug-likeness (QED) is 0.672. The summed E-state index contributed by atoms with van der Waals surface area (Å²) in [6.45, 7) is 2.24. The van der Waals surface area contributed by atoms with E-state index in [0.717, 1.165) is 23.8 Å². The molecule has 0 aliphatic heterocycles. The summed E-state index contributed by atoms with van der Waals surface area (Å²) in [5.74, 6) is 0.109. The molecule has 0 radical (unpaired) electrons. The van der Waals surface area contributed by atoms with Gasteiger partial charge in [0.1, 0.15) is 17.6 Å². The molecule has 6 heteroatoms. The minimum absolute atomic E-state index is 0.0281. The zero-order chi connectivity index (χ0) is 18.4. The number of methoxy groups -OCH3 is 1. The second-order valence-electron chi connectivity index (χ2n) is 5.95. The van der Waals surface area contributed by atoms with Crippen LogP contribution in [0, 0.1) is 17.1 Å². The molecule has 132 valence electrons. The highest BCUT2D eigenvalue weighted by Gasteiger charge is 2.15. The number of nitrogens with one attached hydrogen (secondary N) is 1. The lowest BCUT2D eigenvalue weighted by Gasteiger charge is -2.18. The van der Waals surface area contributed by atoms with Gasteiger partial charge in [0, 0.05) is 12.6 Å². The highest BCUT2D eigenvalue weighted by Crippen LogP contribution is 2.22. The van der Waals surface area contributed by atoms with E-state index in [1.165, 1.54) is 6.07 Å². The minimum atomic E-state index is -0.930. The fourth-order valence-corrected chi connectivity index (χ4v) is 2.54. The van der Waals surface area contributed by atoms with Gasteiger partial charge >= 0.3 is 0 Å². The van der Waals surface area contributed by atoms with Crippen molar-refractivity contribution in [2.24, 2.45) is 0 Å². The monoisotopic (exact) mass is 343 g/mol. The summed E-state index contributed by atoms with van der Waals surface area (Å²) in [6, 6.07) is 12.3. The lowest BCUT2D eigenvalue weighted by molar-refractivity contribution is 0.170. The van der Waals surface area contributed by atoms with E-state index in [0.29, 0.717) is 5.56 Å². The van der Waals surface area contributed by atoms with Gasteiger partial charge in [0.25, 0.3) is 0 Å². The van der Waals surface area contributed by atoms with Crippen LogP contribution < -0.4 is 15.8 Å². The number of ether oxygens (including phenoxy) is 1. The molecule has 2 rings (SSSR count). The summed E-state index contributed by atoms with van der Waals surface area (Å²) in [6.07, 6.45) is -0.156. The molecule has 0 saturated carbocycles. The SMILES string of the molecule is COc1ccc(CC(C)NCC(O)c2cc(F)c(N)c(C#N)c2)cc1. The van der Waals surface area contributed by atoms with Crippen molar-refractivity contribution in [3.63, 3.8) is 0 Å². The predicted molar refractivity (Wildman–Crippen MR) is 94.6 cm³/mol. The van der Waals surface area contributed by atoms with E-state index in [-0.39, 0.29) is 23.8 Å². The Bertz CT molecular complexity index is 756. The summed E-state index contributed by atoms with van der Waals surface area (Å²) in [4.78, 5) is 0. The fourth-order valence-electron chi connectivity index (χ4n) is 2.54. The highest BCUT2D eigenvalue weighted by molar-refractivity contribution is 5.56. The Hall–Kier alpha value is -2.62. The predicted octanol–water partition coefficient (Wildman–Crippen LogP) is 2.54. The number of rotatable bonds is 7. The molecule has 0 spiro atoms. The molecule has 0 heterocycles. The Kier molecular flexibility index (Phi) is 6.34.